The van der Waals surface area contributed by atoms with Gasteiger partial charge in [0.1, 0.15) is 5.82 Å². The lowest BCUT2D eigenvalue weighted by Crippen LogP contribution is -2.51. The van der Waals surface area contributed by atoms with Crippen molar-refractivity contribution in [3.05, 3.63) is 71.0 Å². The molecule has 0 N–H and O–H groups in total. The zero-order chi connectivity index (χ0) is 18.7. The average Bonchev–Trinajstić information content (AvgIpc) is 2.63. The van der Waals surface area contributed by atoms with E-state index in [-0.39, 0.29) is 23.6 Å². The Morgan fingerprint density at radius 2 is 1.96 bits per heavy atom. The van der Waals surface area contributed by atoms with Crippen LogP contribution in [0.5, 0.6) is 0 Å². The highest BCUT2D eigenvalue weighted by Gasteiger charge is 2.37. The molecular weight excluding hydrogens is 331 g/mol. The average molecular weight is 356 g/mol. The number of nitrogens with zero attached hydrogens (tertiary/aromatic N) is 2. The number of hydrogen-bond acceptors (Lipinski definition) is 3. The Hall–Kier alpha value is -2.24. The van der Waals surface area contributed by atoms with Gasteiger partial charge in [-0.05, 0) is 38.7 Å². The summed E-state index contributed by atoms with van der Waals surface area (Å²) in [6, 6.07) is 14.2. The SMILES string of the molecule is Cc1ccc(F)c(C(=O)N2CCO[C@@H](CN(C)C)[C@@H]2c2ccccc2)c1. The van der Waals surface area contributed by atoms with Crippen molar-refractivity contribution in [3.63, 3.8) is 0 Å². The fourth-order valence-electron chi connectivity index (χ4n) is 3.48. The van der Waals surface area contributed by atoms with Gasteiger partial charge in [-0.2, -0.15) is 0 Å². The first-order chi connectivity index (χ1) is 12.5. The van der Waals surface area contributed by atoms with E-state index in [1.165, 1.54) is 6.07 Å². The predicted molar refractivity (Wildman–Crippen MR) is 99.7 cm³/mol. The van der Waals surface area contributed by atoms with Gasteiger partial charge in [0.15, 0.2) is 0 Å². The number of carbonyl (C=O) groups excluding carboxylic acids is 1. The van der Waals surface area contributed by atoms with Crippen molar-refractivity contribution in [1.29, 1.82) is 0 Å². The van der Waals surface area contributed by atoms with Gasteiger partial charge >= 0.3 is 0 Å². The molecule has 1 fully saturated rings. The minimum Gasteiger partial charge on any atom is -0.373 e. The molecule has 0 saturated carbocycles. The lowest BCUT2D eigenvalue weighted by molar-refractivity contribution is -0.0685. The summed E-state index contributed by atoms with van der Waals surface area (Å²) in [5.74, 6) is -0.768. The van der Waals surface area contributed by atoms with Crippen molar-refractivity contribution < 1.29 is 13.9 Å². The highest BCUT2D eigenvalue weighted by Crippen LogP contribution is 2.31. The number of ether oxygens (including phenoxy) is 1. The van der Waals surface area contributed by atoms with Crippen LogP contribution in [0.1, 0.15) is 27.5 Å². The van der Waals surface area contributed by atoms with Crippen LogP contribution in [0, 0.1) is 12.7 Å². The number of hydrogen-bond donors (Lipinski definition) is 0. The maximum Gasteiger partial charge on any atom is 0.257 e. The Morgan fingerprint density at radius 1 is 1.23 bits per heavy atom. The van der Waals surface area contributed by atoms with E-state index in [9.17, 15) is 9.18 Å². The molecule has 138 valence electrons. The molecule has 0 aliphatic carbocycles. The molecule has 5 heteroatoms. The third-order valence-corrected chi connectivity index (χ3v) is 4.65. The molecule has 0 spiro atoms. The molecule has 2 aromatic rings. The molecule has 4 nitrogen and oxygen atoms in total. The third-order valence-electron chi connectivity index (χ3n) is 4.65. The van der Waals surface area contributed by atoms with Crippen LogP contribution in [0.2, 0.25) is 0 Å². The maximum absolute atomic E-state index is 14.3. The number of aryl methyl sites for hydroxylation is 1. The van der Waals surface area contributed by atoms with Gasteiger partial charge in [0.25, 0.3) is 5.91 Å². The summed E-state index contributed by atoms with van der Waals surface area (Å²) in [7, 11) is 3.96. The van der Waals surface area contributed by atoms with E-state index in [4.69, 9.17) is 4.74 Å². The third kappa shape index (κ3) is 3.94. The lowest BCUT2D eigenvalue weighted by atomic mass is 9.96. The van der Waals surface area contributed by atoms with E-state index < -0.39 is 5.82 Å². The van der Waals surface area contributed by atoms with Crippen LogP contribution in [0.25, 0.3) is 0 Å². The first kappa shape index (κ1) is 18.5. The summed E-state index contributed by atoms with van der Waals surface area (Å²) in [5, 5.41) is 0. The number of rotatable bonds is 4. The van der Waals surface area contributed by atoms with E-state index in [1.54, 1.807) is 17.0 Å². The zero-order valence-corrected chi connectivity index (χ0v) is 15.5. The first-order valence-electron chi connectivity index (χ1n) is 8.86. The van der Waals surface area contributed by atoms with Crippen LogP contribution >= 0.6 is 0 Å². The van der Waals surface area contributed by atoms with Gasteiger partial charge < -0.3 is 14.5 Å². The van der Waals surface area contributed by atoms with E-state index in [2.05, 4.69) is 0 Å². The number of carbonyl (C=O) groups is 1. The molecule has 1 amide bonds. The summed E-state index contributed by atoms with van der Waals surface area (Å²) in [6.45, 7) is 3.43. The van der Waals surface area contributed by atoms with Crippen molar-refractivity contribution in [1.82, 2.24) is 9.80 Å². The smallest absolute Gasteiger partial charge is 0.257 e. The van der Waals surface area contributed by atoms with E-state index >= 15 is 0 Å². The molecule has 0 unspecified atom stereocenters. The largest absolute Gasteiger partial charge is 0.373 e. The molecule has 0 bridgehead atoms. The number of morpholine rings is 1. The van der Waals surface area contributed by atoms with E-state index in [0.717, 1.165) is 11.1 Å². The van der Waals surface area contributed by atoms with Crippen molar-refractivity contribution >= 4 is 5.91 Å². The Kier molecular flexibility index (Phi) is 5.69. The fourth-order valence-corrected chi connectivity index (χ4v) is 3.48. The highest BCUT2D eigenvalue weighted by atomic mass is 19.1. The molecule has 1 aliphatic heterocycles. The standard InChI is InChI=1S/C21H25FN2O2/c1-15-9-10-18(22)17(13-15)21(25)24-11-12-26-19(14-23(2)3)20(24)16-7-5-4-6-8-16/h4-10,13,19-20H,11-12,14H2,1-3H3/t19-,20-/m0/s1. The lowest BCUT2D eigenvalue weighted by Gasteiger charge is -2.42. The monoisotopic (exact) mass is 356 g/mol. The van der Waals surface area contributed by atoms with Crippen molar-refractivity contribution in [2.24, 2.45) is 0 Å². The predicted octanol–water partition coefficient (Wildman–Crippen LogP) is 3.28. The Balaban J connectivity index is 1.99. The zero-order valence-electron chi connectivity index (χ0n) is 15.5. The van der Waals surface area contributed by atoms with Crippen LogP contribution in [0.4, 0.5) is 4.39 Å². The van der Waals surface area contributed by atoms with Gasteiger partial charge in [-0.3, -0.25) is 4.79 Å². The van der Waals surface area contributed by atoms with Crippen molar-refractivity contribution in [2.45, 2.75) is 19.1 Å². The second kappa shape index (κ2) is 7.98. The molecule has 1 saturated heterocycles. The first-order valence-corrected chi connectivity index (χ1v) is 8.86. The topological polar surface area (TPSA) is 32.8 Å². The second-order valence-corrected chi connectivity index (χ2v) is 7.01. The minimum atomic E-state index is -0.483. The Bertz CT molecular complexity index is 764. The molecule has 3 rings (SSSR count). The van der Waals surface area contributed by atoms with E-state index in [0.29, 0.717) is 19.7 Å². The molecule has 2 aromatic carbocycles. The van der Waals surface area contributed by atoms with E-state index in [1.807, 2.05) is 56.3 Å². The summed E-state index contributed by atoms with van der Waals surface area (Å²) >= 11 is 0. The fraction of sp³-hybridized carbons (Fsp3) is 0.381. The summed E-state index contributed by atoms with van der Waals surface area (Å²) < 4.78 is 20.3. The van der Waals surface area contributed by atoms with Gasteiger partial charge in [0.05, 0.1) is 24.3 Å². The Morgan fingerprint density at radius 3 is 2.65 bits per heavy atom. The number of likely N-dealkylation sites (N-methyl/N-ethyl adjacent to an activating group) is 1. The second-order valence-electron chi connectivity index (χ2n) is 7.01. The van der Waals surface area contributed by atoms with Gasteiger partial charge in [0.2, 0.25) is 0 Å². The minimum absolute atomic E-state index is 0.122. The van der Waals surface area contributed by atoms with Crippen LogP contribution in [0.15, 0.2) is 48.5 Å². The summed E-state index contributed by atoms with van der Waals surface area (Å²) in [6.07, 6.45) is -0.169. The Labute approximate surface area is 154 Å². The quantitative estimate of drug-likeness (QED) is 0.843. The molecule has 2 atom stereocenters. The van der Waals surface area contributed by atoms with Gasteiger partial charge in [-0.25, -0.2) is 4.39 Å². The van der Waals surface area contributed by atoms with Crippen LogP contribution < -0.4 is 0 Å². The number of benzene rings is 2. The van der Waals surface area contributed by atoms with Crippen LogP contribution in [-0.2, 0) is 4.74 Å². The maximum atomic E-state index is 14.3. The summed E-state index contributed by atoms with van der Waals surface area (Å²) in [5.41, 5.74) is 1.99. The van der Waals surface area contributed by atoms with Crippen molar-refractivity contribution in [2.75, 3.05) is 33.8 Å². The molecule has 26 heavy (non-hydrogen) atoms. The highest BCUT2D eigenvalue weighted by molar-refractivity contribution is 5.95. The molecule has 1 heterocycles. The molecule has 1 aliphatic rings. The van der Waals surface area contributed by atoms with Crippen LogP contribution in [-0.4, -0.2) is 55.6 Å². The number of amides is 1. The molecule has 0 aromatic heterocycles. The number of halogens is 1. The molecular formula is C21H25FN2O2. The van der Waals surface area contributed by atoms with Crippen LogP contribution in [0.3, 0.4) is 0 Å². The van der Waals surface area contributed by atoms with Gasteiger partial charge in [0, 0.05) is 13.1 Å². The van der Waals surface area contributed by atoms with Crippen molar-refractivity contribution in [3.8, 4) is 0 Å². The summed E-state index contributed by atoms with van der Waals surface area (Å²) in [4.78, 5) is 17.0. The van der Waals surface area contributed by atoms with Gasteiger partial charge in [-0.15, -0.1) is 0 Å². The normalized spacial score (nSPS) is 20.4. The van der Waals surface area contributed by atoms with Gasteiger partial charge in [-0.1, -0.05) is 42.0 Å². The molecule has 0 radical (unpaired) electrons.